The van der Waals surface area contributed by atoms with Crippen LogP contribution in [0, 0.1) is 0 Å². The summed E-state index contributed by atoms with van der Waals surface area (Å²) in [7, 11) is -2.79. The van der Waals surface area contributed by atoms with Crippen LogP contribution >= 0.6 is 19.2 Å². The first-order chi connectivity index (χ1) is 8.23. The Kier molecular flexibility index (Phi) is 4.51. The zero-order valence-corrected chi connectivity index (χ0v) is 11.3. The average Bonchev–Trinajstić information content (AvgIpc) is 2.36. The first kappa shape index (κ1) is 15.5. The summed E-state index contributed by atoms with van der Waals surface area (Å²) in [6.45, 7) is 0. The predicted molar refractivity (Wildman–Crippen MR) is 62.8 cm³/mol. The fraction of sp³-hybridized carbons (Fsp3) is 0.400. The molecule has 0 saturated heterocycles. The Balaban J connectivity index is 3.52. The number of rotatable bonds is 5. The highest BCUT2D eigenvalue weighted by molar-refractivity contribution is 7.55. The van der Waals surface area contributed by atoms with E-state index in [1.165, 1.54) is 12.1 Å². The van der Waals surface area contributed by atoms with Crippen molar-refractivity contribution < 1.29 is 27.5 Å². The van der Waals surface area contributed by atoms with Gasteiger partial charge in [0.15, 0.2) is 0 Å². The van der Waals surface area contributed by atoms with E-state index in [1.54, 1.807) is 6.07 Å². The second kappa shape index (κ2) is 5.23. The van der Waals surface area contributed by atoms with E-state index in [0.717, 1.165) is 26.4 Å². The van der Waals surface area contributed by atoms with Crippen molar-refractivity contribution in [1.29, 1.82) is 0 Å². The molecule has 102 valence electrons. The number of benzene rings is 1. The molecule has 0 aliphatic heterocycles. The van der Waals surface area contributed by atoms with Gasteiger partial charge >= 0.3 is 13.0 Å². The number of hydrogen-bond acceptors (Lipinski definition) is 4. The molecule has 1 aromatic carbocycles. The van der Waals surface area contributed by atoms with E-state index in [2.05, 4.69) is 9.05 Å². The summed E-state index contributed by atoms with van der Waals surface area (Å²) in [5.41, 5.74) is -0.364. The first-order valence-corrected chi connectivity index (χ1v) is 6.71. The highest BCUT2D eigenvalue weighted by Gasteiger charge is 2.66. The summed E-state index contributed by atoms with van der Waals surface area (Å²) in [6.07, 6.45) is 0. The van der Waals surface area contributed by atoms with Gasteiger partial charge in [0.1, 0.15) is 0 Å². The lowest BCUT2D eigenvalue weighted by Gasteiger charge is -2.35. The Bertz CT molecular complexity index is 443. The third-order valence-electron chi connectivity index (χ3n) is 2.45. The highest BCUT2D eigenvalue weighted by atomic mass is 35.5. The standard InChI is InChI=1S/C10H12ClF2O4P/c1-16-18(15,17-2)9(14,10(11,12)13)8-6-4-3-5-7-8/h3-7,14H,1-2H3. The zero-order chi connectivity index (χ0) is 14.0. The van der Waals surface area contributed by atoms with Gasteiger partial charge in [-0.15, -0.1) is 0 Å². The predicted octanol–water partition coefficient (Wildman–Crippen LogP) is 3.15. The van der Waals surface area contributed by atoms with E-state index in [-0.39, 0.29) is 5.56 Å². The van der Waals surface area contributed by atoms with Crippen LogP contribution in [0.5, 0.6) is 0 Å². The third-order valence-corrected chi connectivity index (χ3v) is 5.15. The first-order valence-electron chi connectivity index (χ1n) is 4.79. The van der Waals surface area contributed by atoms with Gasteiger partial charge in [-0.2, -0.15) is 8.78 Å². The lowest BCUT2D eigenvalue weighted by molar-refractivity contribution is -0.0915. The van der Waals surface area contributed by atoms with Gasteiger partial charge in [0, 0.05) is 19.8 Å². The molecular weight excluding hydrogens is 289 g/mol. The smallest absolute Gasteiger partial charge is 0.368 e. The van der Waals surface area contributed by atoms with E-state index >= 15 is 0 Å². The zero-order valence-electron chi connectivity index (χ0n) is 9.64. The summed E-state index contributed by atoms with van der Waals surface area (Å²) in [4.78, 5) is 0. The van der Waals surface area contributed by atoms with Crippen LogP contribution in [0.2, 0.25) is 0 Å². The van der Waals surface area contributed by atoms with Crippen LogP contribution in [-0.4, -0.2) is 24.7 Å². The van der Waals surface area contributed by atoms with E-state index in [4.69, 9.17) is 11.6 Å². The lowest BCUT2D eigenvalue weighted by Crippen LogP contribution is -2.42. The lowest BCUT2D eigenvalue weighted by atomic mass is 10.1. The minimum Gasteiger partial charge on any atom is -0.368 e. The molecular formula is C10H12ClF2O4P. The van der Waals surface area contributed by atoms with Crippen LogP contribution in [-0.2, 0) is 19.0 Å². The summed E-state index contributed by atoms with van der Waals surface area (Å²) < 4.78 is 48.1. The maximum atomic E-state index is 13.5. The molecule has 0 saturated carbocycles. The molecule has 0 amide bonds. The number of aliphatic hydroxyl groups is 1. The van der Waals surface area contributed by atoms with Crippen molar-refractivity contribution in [2.24, 2.45) is 0 Å². The average molecular weight is 301 g/mol. The Morgan fingerprint density at radius 1 is 1.22 bits per heavy atom. The molecule has 0 aliphatic carbocycles. The largest absolute Gasteiger partial charge is 0.373 e. The van der Waals surface area contributed by atoms with Crippen molar-refractivity contribution in [1.82, 2.24) is 0 Å². The van der Waals surface area contributed by atoms with E-state index in [0.29, 0.717) is 0 Å². The van der Waals surface area contributed by atoms with Gasteiger partial charge in [-0.25, -0.2) is 0 Å². The molecule has 1 aromatic rings. The number of halogens is 3. The SMILES string of the molecule is COP(=O)(OC)C(O)(c1ccccc1)C(F)(F)Cl. The van der Waals surface area contributed by atoms with Gasteiger partial charge in [0.2, 0.25) is 0 Å². The molecule has 1 rings (SSSR count). The minimum absolute atomic E-state index is 0.364. The second-order valence-corrected chi connectivity index (χ2v) is 6.25. The Morgan fingerprint density at radius 2 is 1.67 bits per heavy atom. The molecule has 1 unspecified atom stereocenters. The van der Waals surface area contributed by atoms with Crippen molar-refractivity contribution in [3.05, 3.63) is 35.9 Å². The van der Waals surface area contributed by atoms with Crippen LogP contribution < -0.4 is 0 Å². The van der Waals surface area contributed by atoms with Crippen molar-refractivity contribution in [2.45, 2.75) is 10.7 Å². The van der Waals surface area contributed by atoms with Crippen molar-refractivity contribution in [2.75, 3.05) is 14.2 Å². The monoisotopic (exact) mass is 300 g/mol. The molecule has 0 heterocycles. The van der Waals surface area contributed by atoms with Crippen LogP contribution in [0.15, 0.2) is 30.3 Å². The Labute approximate surface area is 108 Å². The summed E-state index contributed by atoms with van der Waals surface area (Å²) in [5.74, 6) is 0. The molecule has 0 fully saturated rings. The molecule has 0 bridgehead atoms. The fourth-order valence-corrected chi connectivity index (χ4v) is 3.36. The summed E-state index contributed by atoms with van der Waals surface area (Å²) >= 11 is 4.90. The van der Waals surface area contributed by atoms with Crippen molar-refractivity contribution in [3.8, 4) is 0 Å². The molecule has 0 spiro atoms. The van der Waals surface area contributed by atoms with Gasteiger partial charge in [0.05, 0.1) is 0 Å². The molecule has 18 heavy (non-hydrogen) atoms. The Hall–Kier alpha value is -0.520. The highest BCUT2D eigenvalue weighted by Crippen LogP contribution is 2.68. The van der Waals surface area contributed by atoms with E-state index < -0.39 is 18.3 Å². The fourth-order valence-electron chi connectivity index (χ4n) is 1.49. The van der Waals surface area contributed by atoms with Crippen molar-refractivity contribution >= 4 is 19.2 Å². The van der Waals surface area contributed by atoms with Crippen molar-refractivity contribution in [3.63, 3.8) is 0 Å². The van der Waals surface area contributed by atoms with Gasteiger partial charge in [-0.3, -0.25) is 4.57 Å². The van der Waals surface area contributed by atoms with Gasteiger partial charge < -0.3 is 14.2 Å². The topological polar surface area (TPSA) is 55.8 Å². The maximum Gasteiger partial charge on any atom is 0.373 e. The molecule has 4 nitrogen and oxygen atoms in total. The molecule has 1 N–H and O–H groups in total. The summed E-state index contributed by atoms with van der Waals surface area (Å²) in [5, 5.41) is 2.63. The minimum atomic E-state index is -4.57. The molecule has 1 atom stereocenters. The van der Waals surface area contributed by atoms with Gasteiger partial charge in [-0.05, 0) is 11.6 Å². The third kappa shape index (κ3) is 2.31. The molecule has 0 aliphatic rings. The molecule has 0 radical (unpaired) electrons. The molecule has 0 aromatic heterocycles. The normalized spacial score (nSPS) is 16.3. The molecule has 8 heteroatoms. The van der Waals surface area contributed by atoms with Crippen LogP contribution in [0.3, 0.4) is 0 Å². The van der Waals surface area contributed by atoms with E-state index in [9.17, 15) is 18.5 Å². The number of alkyl halides is 3. The van der Waals surface area contributed by atoms with Crippen LogP contribution in [0.4, 0.5) is 8.78 Å². The van der Waals surface area contributed by atoms with Crippen LogP contribution in [0.1, 0.15) is 5.56 Å². The number of hydrogen-bond donors (Lipinski definition) is 1. The maximum absolute atomic E-state index is 13.5. The Morgan fingerprint density at radius 3 is 2.00 bits per heavy atom. The van der Waals surface area contributed by atoms with Gasteiger partial charge in [0.25, 0.3) is 5.34 Å². The van der Waals surface area contributed by atoms with E-state index in [1.807, 2.05) is 0 Å². The van der Waals surface area contributed by atoms with Crippen LogP contribution in [0.25, 0.3) is 0 Å². The quantitative estimate of drug-likeness (QED) is 0.670. The van der Waals surface area contributed by atoms with Gasteiger partial charge in [-0.1, -0.05) is 30.3 Å². The second-order valence-electron chi connectivity index (χ2n) is 3.40. The summed E-state index contributed by atoms with van der Waals surface area (Å²) in [6, 6.07) is 6.62.